The van der Waals surface area contributed by atoms with E-state index in [2.05, 4.69) is 70.3 Å². The van der Waals surface area contributed by atoms with Gasteiger partial charge in [-0.25, -0.2) is 4.39 Å². The maximum atomic E-state index is 13.7. The van der Waals surface area contributed by atoms with Crippen molar-refractivity contribution in [3.8, 4) is 5.75 Å². The molecule has 2 aliphatic rings. The van der Waals surface area contributed by atoms with Gasteiger partial charge in [-0.05, 0) is 78.6 Å². The lowest BCUT2D eigenvalue weighted by Gasteiger charge is -2.44. The highest BCUT2D eigenvalue weighted by Gasteiger charge is 2.45. The van der Waals surface area contributed by atoms with E-state index in [1.54, 1.807) is 12.1 Å². The van der Waals surface area contributed by atoms with Gasteiger partial charge in [0.15, 0.2) is 0 Å². The number of halogens is 1. The van der Waals surface area contributed by atoms with E-state index in [1.165, 1.54) is 43.7 Å². The second-order valence-corrected chi connectivity index (χ2v) is 13.7. The van der Waals surface area contributed by atoms with Crippen LogP contribution in [0.1, 0.15) is 102 Å². The summed E-state index contributed by atoms with van der Waals surface area (Å²) in [4.78, 5) is 0. The summed E-state index contributed by atoms with van der Waals surface area (Å²) < 4.78 is 33.7. The van der Waals surface area contributed by atoms with Gasteiger partial charge in [0, 0.05) is 24.4 Å². The van der Waals surface area contributed by atoms with Gasteiger partial charge in [0.05, 0.1) is 6.61 Å². The van der Waals surface area contributed by atoms with Crippen molar-refractivity contribution in [1.29, 1.82) is 0 Å². The van der Waals surface area contributed by atoms with Crippen molar-refractivity contribution in [2.75, 3.05) is 11.9 Å². The molecule has 1 N–H and O–H groups in total. The SMILES string of the molecule is CC(C)(C)c1ccc(COC2C(OCCC3CCCCC3)c3cc(NCc4cccc(F)c4)ccc3OC2(C)C)cc1. The summed E-state index contributed by atoms with van der Waals surface area (Å²) in [6.45, 7) is 12.6. The quantitative estimate of drug-likeness (QED) is 0.262. The van der Waals surface area contributed by atoms with Crippen molar-refractivity contribution in [1.82, 2.24) is 0 Å². The Morgan fingerprint density at radius 3 is 2.38 bits per heavy atom. The molecule has 42 heavy (non-hydrogen) atoms. The molecule has 0 amide bonds. The van der Waals surface area contributed by atoms with E-state index < -0.39 is 5.60 Å². The highest BCUT2D eigenvalue weighted by molar-refractivity contribution is 5.54. The summed E-state index contributed by atoms with van der Waals surface area (Å²) in [5.74, 6) is 1.34. The van der Waals surface area contributed by atoms with Gasteiger partial charge in [-0.3, -0.25) is 0 Å². The molecule has 1 aliphatic carbocycles. The molecule has 0 aromatic heterocycles. The maximum Gasteiger partial charge on any atom is 0.132 e. The number of rotatable bonds is 10. The molecular formula is C37H48FNO3. The van der Waals surface area contributed by atoms with Gasteiger partial charge in [0.25, 0.3) is 0 Å². The van der Waals surface area contributed by atoms with Crippen LogP contribution in [0.5, 0.6) is 5.75 Å². The topological polar surface area (TPSA) is 39.7 Å². The van der Waals surface area contributed by atoms with Gasteiger partial charge in [0.2, 0.25) is 0 Å². The van der Waals surface area contributed by atoms with Crippen LogP contribution in [0.3, 0.4) is 0 Å². The summed E-state index contributed by atoms with van der Waals surface area (Å²) in [6.07, 6.45) is 7.14. The van der Waals surface area contributed by atoms with E-state index in [0.717, 1.165) is 40.5 Å². The molecule has 5 heteroatoms. The fourth-order valence-electron chi connectivity index (χ4n) is 6.28. The predicted octanol–water partition coefficient (Wildman–Crippen LogP) is 9.52. The van der Waals surface area contributed by atoms with E-state index in [1.807, 2.05) is 18.2 Å². The zero-order valence-corrected chi connectivity index (χ0v) is 26.0. The molecule has 0 spiro atoms. The first kappa shape index (κ1) is 30.6. The van der Waals surface area contributed by atoms with Crippen LogP contribution in [-0.4, -0.2) is 18.3 Å². The van der Waals surface area contributed by atoms with Crippen LogP contribution >= 0.6 is 0 Å². The molecule has 0 saturated heterocycles. The minimum Gasteiger partial charge on any atom is -0.485 e. The molecular weight excluding hydrogens is 525 g/mol. The Morgan fingerprint density at radius 1 is 0.905 bits per heavy atom. The van der Waals surface area contributed by atoms with Crippen LogP contribution in [0.25, 0.3) is 0 Å². The molecule has 1 fully saturated rings. The first-order chi connectivity index (χ1) is 20.1. The minimum absolute atomic E-state index is 0.111. The van der Waals surface area contributed by atoms with Crippen LogP contribution in [0, 0.1) is 11.7 Å². The van der Waals surface area contributed by atoms with Gasteiger partial charge in [-0.15, -0.1) is 0 Å². The fourth-order valence-corrected chi connectivity index (χ4v) is 6.28. The zero-order valence-electron chi connectivity index (χ0n) is 26.0. The van der Waals surface area contributed by atoms with Crippen LogP contribution in [0.15, 0.2) is 66.7 Å². The third-order valence-corrected chi connectivity index (χ3v) is 8.83. The van der Waals surface area contributed by atoms with E-state index >= 15 is 0 Å². The zero-order chi connectivity index (χ0) is 29.7. The highest BCUT2D eigenvalue weighted by atomic mass is 19.1. The lowest BCUT2D eigenvalue weighted by molar-refractivity contribution is -0.168. The number of nitrogens with one attached hydrogen (secondary N) is 1. The summed E-state index contributed by atoms with van der Waals surface area (Å²) in [5.41, 5.74) is 4.81. The number of ether oxygens (including phenoxy) is 3. The predicted molar refractivity (Wildman–Crippen MR) is 168 cm³/mol. The molecule has 3 aromatic carbocycles. The van der Waals surface area contributed by atoms with Gasteiger partial charge in [0.1, 0.15) is 29.4 Å². The van der Waals surface area contributed by atoms with Gasteiger partial charge in [-0.2, -0.15) is 0 Å². The Balaban J connectivity index is 1.36. The van der Waals surface area contributed by atoms with Crippen LogP contribution in [-0.2, 0) is 28.0 Å². The lowest BCUT2D eigenvalue weighted by atomic mass is 9.86. The second kappa shape index (κ2) is 13.2. The lowest BCUT2D eigenvalue weighted by Crippen LogP contribution is -2.51. The molecule has 2 atom stereocenters. The Labute approximate surface area is 252 Å². The van der Waals surface area contributed by atoms with E-state index in [9.17, 15) is 4.39 Å². The maximum absolute atomic E-state index is 13.7. The molecule has 0 bridgehead atoms. The number of hydrogen-bond donors (Lipinski definition) is 1. The van der Waals surface area contributed by atoms with Crippen molar-refractivity contribution in [3.05, 3.63) is 94.8 Å². The average Bonchev–Trinajstić information content (AvgIpc) is 2.96. The Kier molecular flexibility index (Phi) is 9.59. The number of fused-ring (bicyclic) bond motifs is 1. The number of anilines is 1. The largest absolute Gasteiger partial charge is 0.485 e. The van der Waals surface area contributed by atoms with Gasteiger partial charge < -0.3 is 19.5 Å². The molecule has 1 heterocycles. The standard InChI is InChI=1S/C37H48FNO3/c1-36(2,3)29-16-14-27(15-17-29)25-41-35-34(40-21-20-26-10-7-6-8-11-26)32-23-31(18-19-33(32)42-37(35,4)5)39-24-28-12-9-13-30(38)22-28/h9,12-19,22-23,26,34-35,39H,6-8,10-11,20-21,24-25H2,1-5H3. The van der Waals surface area contributed by atoms with Crippen molar-refractivity contribution >= 4 is 5.69 Å². The molecule has 4 nitrogen and oxygen atoms in total. The highest BCUT2D eigenvalue weighted by Crippen LogP contribution is 2.45. The van der Waals surface area contributed by atoms with Crippen LogP contribution in [0.4, 0.5) is 10.1 Å². The normalized spacial score (nSPS) is 20.5. The van der Waals surface area contributed by atoms with Crippen molar-refractivity contribution in [2.45, 2.75) is 110 Å². The minimum atomic E-state index is -0.579. The summed E-state index contributed by atoms with van der Waals surface area (Å²) in [7, 11) is 0. The number of benzene rings is 3. The van der Waals surface area contributed by atoms with Gasteiger partial charge >= 0.3 is 0 Å². The number of hydrogen-bond acceptors (Lipinski definition) is 4. The summed E-state index contributed by atoms with van der Waals surface area (Å²) in [6, 6.07) is 21.6. The summed E-state index contributed by atoms with van der Waals surface area (Å²) >= 11 is 0. The van der Waals surface area contributed by atoms with Crippen molar-refractivity contribution < 1.29 is 18.6 Å². The molecule has 5 rings (SSSR count). The van der Waals surface area contributed by atoms with Crippen molar-refractivity contribution in [2.24, 2.45) is 5.92 Å². The summed E-state index contributed by atoms with van der Waals surface area (Å²) in [5, 5.41) is 3.46. The monoisotopic (exact) mass is 573 g/mol. The van der Waals surface area contributed by atoms with Crippen LogP contribution < -0.4 is 10.1 Å². The fraction of sp³-hybridized carbons (Fsp3) is 0.514. The Morgan fingerprint density at radius 2 is 1.67 bits per heavy atom. The molecule has 3 aromatic rings. The van der Waals surface area contributed by atoms with E-state index in [-0.39, 0.29) is 23.4 Å². The van der Waals surface area contributed by atoms with Crippen molar-refractivity contribution in [3.63, 3.8) is 0 Å². The third-order valence-electron chi connectivity index (χ3n) is 8.83. The smallest absolute Gasteiger partial charge is 0.132 e. The van der Waals surface area contributed by atoms with Crippen LogP contribution in [0.2, 0.25) is 0 Å². The molecule has 1 aliphatic heterocycles. The first-order valence-electron chi connectivity index (χ1n) is 15.7. The Hall–Kier alpha value is -2.89. The van der Waals surface area contributed by atoms with E-state index in [4.69, 9.17) is 14.2 Å². The van der Waals surface area contributed by atoms with E-state index in [0.29, 0.717) is 19.8 Å². The molecule has 2 unspecified atom stereocenters. The second-order valence-electron chi connectivity index (χ2n) is 13.7. The third kappa shape index (κ3) is 7.73. The molecule has 226 valence electrons. The molecule has 0 radical (unpaired) electrons. The Bertz CT molecular complexity index is 1310. The first-order valence-corrected chi connectivity index (χ1v) is 15.7. The van der Waals surface area contributed by atoms with Gasteiger partial charge in [-0.1, -0.05) is 89.3 Å². The average molecular weight is 574 g/mol. The molecule has 1 saturated carbocycles.